The molecule has 0 fully saturated rings. The van der Waals surface area contributed by atoms with Crippen LogP contribution in [0.3, 0.4) is 0 Å². The van der Waals surface area contributed by atoms with E-state index >= 15 is 0 Å². The van der Waals surface area contributed by atoms with Crippen LogP contribution in [0.4, 0.5) is 0 Å². The molecule has 0 saturated carbocycles. The van der Waals surface area contributed by atoms with Gasteiger partial charge in [0.2, 0.25) is 0 Å². The average Bonchev–Trinajstić information content (AvgIpc) is 3.66. The van der Waals surface area contributed by atoms with Gasteiger partial charge >= 0.3 is 285 Å². The maximum atomic E-state index is 2.69. The van der Waals surface area contributed by atoms with Crippen LogP contribution in [0.2, 0.25) is 13.1 Å². The monoisotopic (exact) mass is 687 g/mol. The molecule has 0 heterocycles. The van der Waals surface area contributed by atoms with Crippen LogP contribution in [0.15, 0.2) is 132 Å². The van der Waals surface area contributed by atoms with Gasteiger partial charge in [-0.1, -0.05) is 0 Å². The summed E-state index contributed by atoms with van der Waals surface area (Å²) < 4.78 is 1.30. The Morgan fingerprint density at radius 1 is 0.478 bits per heavy atom. The van der Waals surface area contributed by atoms with E-state index in [4.69, 9.17) is 0 Å². The average molecular weight is 689 g/mol. The predicted molar refractivity (Wildman–Crippen MR) is 200 cm³/mol. The molecular formula is C44H41SiZr. The van der Waals surface area contributed by atoms with Gasteiger partial charge in [0.1, 0.15) is 0 Å². The second-order valence-corrected chi connectivity index (χ2v) is 33.4. The molecule has 0 nitrogen and oxygen atoms in total. The van der Waals surface area contributed by atoms with Crippen molar-refractivity contribution in [3.63, 3.8) is 0 Å². The van der Waals surface area contributed by atoms with Gasteiger partial charge in [-0.3, -0.25) is 0 Å². The molecule has 2 heteroatoms. The second kappa shape index (κ2) is 12.2. The van der Waals surface area contributed by atoms with Gasteiger partial charge in [-0.05, 0) is 0 Å². The van der Waals surface area contributed by atoms with E-state index in [1.54, 1.807) is 22.3 Å². The fourth-order valence-electron chi connectivity index (χ4n) is 8.55. The molecule has 0 N–H and O–H groups in total. The quantitative estimate of drug-likeness (QED) is 0.146. The van der Waals surface area contributed by atoms with E-state index in [0.29, 0.717) is 7.25 Å². The van der Waals surface area contributed by atoms with Gasteiger partial charge in [0.15, 0.2) is 0 Å². The Morgan fingerprint density at radius 3 is 1.30 bits per heavy atom. The third kappa shape index (κ3) is 4.80. The van der Waals surface area contributed by atoms with Crippen molar-refractivity contribution < 1.29 is 20.9 Å². The molecule has 0 aromatic heterocycles. The Morgan fingerprint density at radius 2 is 0.870 bits per heavy atom. The van der Waals surface area contributed by atoms with Crippen LogP contribution in [0.5, 0.6) is 0 Å². The predicted octanol–water partition coefficient (Wildman–Crippen LogP) is 12.3. The summed E-state index contributed by atoms with van der Waals surface area (Å²) in [5.74, 6) is -0.959. The Kier molecular flexibility index (Phi) is 7.92. The third-order valence-electron chi connectivity index (χ3n) is 10.6. The summed E-state index contributed by atoms with van der Waals surface area (Å²) in [5, 5.41) is 5.35. The van der Waals surface area contributed by atoms with Crippen molar-refractivity contribution in [2.24, 2.45) is 0 Å². The van der Waals surface area contributed by atoms with Crippen LogP contribution in [0, 0.1) is 0 Å². The van der Waals surface area contributed by atoms with Crippen molar-refractivity contribution in [3.8, 4) is 22.3 Å². The van der Waals surface area contributed by atoms with E-state index < -0.39 is 26.8 Å². The summed E-state index contributed by atoms with van der Waals surface area (Å²) in [6, 6.07) is 45.9. The summed E-state index contributed by atoms with van der Waals surface area (Å²) in [6.45, 7) is 10.2. The number of fused-ring (bicyclic) bond motifs is 4. The van der Waals surface area contributed by atoms with Gasteiger partial charge in [0.05, 0.1) is 0 Å². The number of hydrogen-bond acceptors (Lipinski definition) is 0. The van der Waals surface area contributed by atoms with Crippen molar-refractivity contribution in [1.82, 2.24) is 0 Å². The molecule has 0 amide bonds. The molecule has 225 valence electrons. The molecule has 6 aromatic rings. The first-order valence-electron chi connectivity index (χ1n) is 17.1. The van der Waals surface area contributed by atoms with E-state index in [1.807, 2.05) is 0 Å². The zero-order chi connectivity index (χ0) is 31.4. The summed E-state index contributed by atoms with van der Waals surface area (Å²) in [7, 11) is 0. The van der Waals surface area contributed by atoms with Crippen LogP contribution in [0.1, 0.15) is 56.2 Å². The molecular weight excluding hydrogens is 648 g/mol. The molecule has 6 aromatic carbocycles. The second-order valence-electron chi connectivity index (χ2n) is 13.3. The number of hydrogen-bond donors (Lipinski definition) is 0. The van der Waals surface area contributed by atoms with E-state index in [-0.39, 0.29) is 0 Å². The number of rotatable bonds is 7. The van der Waals surface area contributed by atoms with Crippen molar-refractivity contribution >= 4 is 39.6 Å². The number of benzene rings is 6. The fourth-order valence-corrected chi connectivity index (χ4v) is 31.7. The molecule has 0 aliphatic heterocycles. The summed E-state index contributed by atoms with van der Waals surface area (Å²) in [6.07, 6.45) is 7.54. The third-order valence-corrected chi connectivity index (χ3v) is 32.4. The Labute approximate surface area is 282 Å². The first-order chi connectivity index (χ1) is 22.6. The molecule has 2 unspecified atom stereocenters. The summed E-state index contributed by atoms with van der Waals surface area (Å²) in [4.78, 5) is 0. The minimum atomic E-state index is -2.18. The maximum absolute atomic E-state index is 2.69. The standard InChI is InChI=1S/2C21H17.C2H7Si.Zr/c2*1-2-15-13-17-9-6-12-20(21(17)14-15)19-11-5-8-16-7-3-4-10-18(16)19;1-3-2;/h2*3-14H,2H2,1H3;3H,1-2H3;. The topological polar surface area (TPSA) is 0 Å². The van der Waals surface area contributed by atoms with Crippen molar-refractivity contribution in [3.05, 3.63) is 155 Å². The molecule has 0 spiro atoms. The molecule has 2 atom stereocenters. The number of allylic oxidation sites excluding steroid dienone is 2. The van der Waals surface area contributed by atoms with E-state index in [9.17, 15) is 0 Å². The van der Waals surface area contributed by atoms with E-state index in [2.05, 4.69) is 160 Å². The van der Waals surface area contributed by atoms with Crippen molar-refractivity contribution in [1.29, 1.82) is 0 Å². The molecule has 0 bridgehead atoms. The summed E-state index contributed by atoms with van der Waals surface area (Å²) in [5.41, 5.74) is 15.2. The van der Waals surface area contributed by atoms with Crippen LogP contribution in [-0.2, 0) is 20.9 Å². The molecule has 8 rings (SSSR count). The van der Waals surface area contributed by atoms with Gasteiger partial charge in [-0.25, -0.2) is 0 Å². The van der Waals surface area contributed by atoms with E-state index in [0.717, 1.165) is 12.8 Å². The Balaban J connectivity index is 1.28. The van der Waals surface area contributed by atoms with Gasteiger partial charge in [0, 0.05) is 0 Å². The normalized spacial score (nSPS) is 16.9. The first-order valence-corrected chi connectivity index (χ1v) is 27.1. The molecule has 0 saturated heterocycles. The van der Waals surface area contributed by atoms with Gasteiger partial charge in [-0.15, -0.1) is 0 Å². The minimum absolute atomic E-state index is 0.649. The SMILES string of the molecule is CCC1=Cc2c(-c3cccc4ccccc34)cccc2[CH]1[Zr]([CH]1C(CC)=Cc2c(-c3cccc4ccccc34)cccc21)[SiH](C)C. The van der Waals surface area contributed by atoms with E-state index in [1.165, 1.54) is 54.9 Å². The first kappa shape index (κ1) is 29.8. The van der Waals surface area contributed by atoms with Crippen LogP contribution < -0.4 is 0 Å². The van der Waals surface area contributed by atoms with Crippen LogP contribution in [-0.4, -0.2) is 5.92 Å². The van der Waals surface area contributed by atoms with Crippen LogP contribution in [0.25, 0.3) is 56.0 Å². The van der Waals surface area contributed by atoms with Gasteiger partial charge < -0.3 is 0 Å². The zero-order valence-corrected chi connectivity index (χ0v) is 31.0. The van der Waals surface area contributed by atoms with Crippen molar-refractivity contribution in [2.75, 3.05) is 0 Å². The summed E-state index contributed by atoms with van der Waals surface area (Å²) >= 11 is -2.18. The van der Waals surface area contributed by atoms with Crippen LogP contribution >= 0.6 is 0 Å². The van der Waals surface area contributed by atoms with Gasteiger partial charge in [-0.2, -0.15) is 0 Å². The Bertz CT molecular complexity index is 2020. The molecule has 2 aliphatic rings. The zero-order valence-electron chi connectivity index (χ0n) is 27.3. The fraction of sp³-hybridized carbons (Fsp3) is 0.182. The van der Waals surface area contributed by atoms with Crippen molar-refractivity contribution in [2.45, 2.75) is 47.0 Å². The molecule has 2 aliphatic carbocycles. The molecule has 0 radical (unpaired) electrons. The Hall–Kier alpha value is -3.58. The molecule has 46 heavy (non-hydrogen) atoms. The van der Waals surface area contributed by atoms with Gasteiger partial charge in [0.25, 0.3) is 0 Å².